The van der Waals surface area contributed by atoms with Crippen molar-refractivity contribution in [1.29, 1.82) is 5.26 Å². The van der Waals surface area contributed by atoms with Crippen molar-refractivity contribution in [3.05, 3.63) is 65.2 Å². The van der Waals surface area contributed by atoms with Crippen LogP contribution in [-0.2, 0) is 16.4 Å². The Morgan fingerprint density at radius 1 is 1.15 bits per heavy atom. The minimum atomic E-state index is -3.62. The summed E-state index contributed by atoms with van der Waals surface area (Å²) in [6.45, 7) is 1.98. The molecule has 0 amide bonds. The molecule has 3 rings (SSSR count). The van der Waals surface area contributed by atoms with Gasteiger partial charge < -0.3 is 5.32 Å². The van der Waals surface area contributed by atoms with Gasteiger partial charge in [0.15, 0.2) is 0 Å². The summed E-state index contributed by atoms with van der Waals surface area (Å²) in [6.07, 6.45) is 2.23. The summed E-state index contributed by atoms with van der Waals surface area (Å²) in [4.78, 5) is 5.22. The van der Waals surface area contributed by atoms with E-state index >= 15 is 0 Å². The number of thiophene rings is 1. The first-order valence-electron chi connectivity index (χ1n) is 7.85. The summed E-state index contributed by atoms with van der Waals surface area (Å²) in [5.74, 6) is 0.514. The summed E-state index contributed by atoms with van der Waals surface area (Å²) < 4.78 is 27.6. The monoisotopic (exact) mass is 384 g/mol. The van der Waals surface area contributed by atoms with Gasteiger partial charge in [-0.1, -0.05) is 19.1 Å². The maximum absolute atomic E-state index is 12.4. The maximum Gasteiger partial charge on any atom is 0.271 e. The van der Waals surface area contributed by atoms with E-state index in [0.29, 0.717) is 22.8 Å². The first-order valence-corrected chi connectivity index (χ1v) is 10.2. The second kappa shape index (κ2) is 7.56. The van der Waals surface area contributed by atoms with Gasteiger partial charge in [-0.15, -0.1) is 11.3 Å². The highest BCUT2D eigenvalue weighted by Gasteiger charge is 2.17. The summed E-state index contributed by atoms with van der Waals surface area (Å²) in [5.41, 5.74) is 1.51. The Bertz CT molecular complexity index is 1050. The van der Waals surface area contributed by atoms with Crippen LogP contribution < -0.4 is 10.0 Å². The summed E-state index contributed by atoms with van der Waals surface area (Å²) >= 11 is 1.25. The number of aromatic nitrogens is 1. The Morgan fingerprint density at radius 2 is 1.96 bits per heavy atom. The van der Waals surface area contributed by atoms with Gasteiger partial charge in [-0.3, -0.25) is 4.72 Å². The number of nitrogens with zero attached hydrogens (tertiary/aromatic N) is 2. The molecule has 1 aromatic carbocycles. The van der Waals surface area contributed by atoms with Crippen LogP contribution in [0.5, 0.6) is 0 Å². The van der Waals surface area contributed by atoms with Crippen LogP contribution in [0.4, 0.5) is 17.2 Å². The molecule has 6 nitrogen and oxygen atoms in total. The third-order valence-electron chi connectivity index (χ3n) is 3.58. The largest absolute Gasteiger partial charge is 0.339 e. The van der Waals surface area contributed by atoms with Crippen LogP contribution in [0.2, 0.25) is 0 Å². The van der Waals surface area contributed by atoms with Gasteiger partial charge in [0.05, 0.1) is 23.1 Å². The zero-order chi connectivity index (χ0) is 18.6. The topological polar surface area (TPSA) is 94.9 Å². The predicted molar refractivity (Wildman–Crippen MR) is 103 cm³/mol. The van der Waals surface area contributed by atoms with Crippen LogP contribution in [0, 0.1) is 11.3 Å². The number of rotatable bonds is 6. The smallest absolute Gasteiger partial charge is 0.271 e. The van der Waals surface area contributed by atoms with Crippen LogP contribution in [0.3, 0.4) is 0 Å². The molecule has 3 aromatic rings. The lowest BCUT2D eigenvalue weighted by Crippen LogP contribution is -2.11. The highest BCUT2D eigenvalue weighted by atomic mass is 32.2. The second-order valence-electron chi connectivity index (χ2n) is 5.39. The molecular formula is C18H16N4O2S2. The van der Waals surface area contributed by atoms with E-state index in [2.05, 4.69) is 21.1 Å². The molecule has 0 aliphatic rings. The molecule has 8 heteroatoms. The zero-order valence-electron chi connectivity index (χ0n) is 13.9. The Hall–Kier alpha value is -2.89. The number of hydrogen-bond acceptors (Lipinski definition) is 6. The van der Waals surface area contributed by atoms with Gasteiger partial charge in [-0.05, 0) is 42.8 Å². The highest BCUT2D eigenvalue weighted by Crippen LogP contribution is 2.25. The minimum Gasteiger partial charge on any atom is -0.339 e. The molecule has 26 heavy (non-hydrogen) atoms. The van der Waals surface area contributed by atoms with Crippen molar-refractivity contribution in [1.82, 2.24) is 4.98 Å². The fraction of sp³-hybridized carbons (Fsp3) is 0.111. The molecule has 2 N–H and O–H groups in total. The quantitative estimate of drug-likeness (QED) is 0.666. The molecule has 0 saturated heterocycles. The van der Waals surface area contributed by atoms with E-state index in [1.165, 1.54) is 17.5 Å². The van der Waals surface area contributed by atoms with Crippen LogP contribution >= 0.6 is 11.3 Å². The number of para-hydroxylation sites is 1. The SMILES string of the molecule is CCc1ccc(S(=O)(=O)Nc2ccc(Nc3ccccc3C#N)nc2)s1. The Kier molecular flexibility index (Phi) is 5.21. The number of benzene rings is 1. The molecule has 0 aliphatic carbocycles. The Labute approximate surface area is 156 Å². The van der Waals surface area contributed by atoms with Gasteiger partial charge in [0, 0.05) is 4.88 Å². The van der Waals surface area contributed by atoms with Crippen LogP contribution in [0.15, 0.2) is 58.9 Å². The van der Waals surface area contributed by atoms with E-state index in [9.17, 15) is 8.42 Å². The zero-order valence-corrected chi connectivity index (χ0v) is 15.6. The number of nitrogens with one attached hydrogen (secondary N) is 2. The van der Waals surface area contributed by atoms with E-state index in [4.69, 9.17) is 5.26 Å². The average Bonchev–Trinajstić information content (AvgIpc) is 3.14. The third-order valence-corrected chi connectivity index (χ3v) is 6.68. The number of hydrogen-bond donors (Lipinski definition) is 2. The van der Waals surface area contributed by atoms with Crippen molar-refractivity contribution in [2.24, 2.45) is 0 Å². The first kappa shape index (κ1) is 17.9. The van der Waals surface area contributed by atoms with Gasteiger partial charge in [0.25, 0.3) is 10.0 Å². The summed E-state index contributed by atoms with van der Waals surface area (Å²) in [5, 5.41) is 12.2. The van der Waals surface area contributed by atoms with Crippen LogP contribution in [0.25, 0.3) is 0 Å². The van der Waals surface area contributed by atoms with E-state index in [1.54, 1.807) is 36.4 Å². The number of anilines is 3. The molecular weight excluding hydrogens is 368 g/mol. The van der Waals surface area contributed by atoms with E-state index in [0.717, 1.165) is 11.3 Å². The Morgan fingerprint density at radius 3 is 2.62 bits per heavy atom. The highest BCUT2D eigenvalue weighted by molar-refractivity contribution is 7.94. The van der Waals surface area contributed by atoms with Crippen molar-refractivity contribution in [2.75, 3.05) is 10.0 Å². The molecule has 132 valence electrons. The standard InChI is InChI=1S/C18H16N4O2S2/c1-2-15-8-10-18(25-15)26(23,24)22-14-7-9-17(20-12-14)21-16-6-4-3-5-13(16)11-19/h3-10,12,22H,2H2,1H3,(H,20,21). The van der Waals surface area contributed by atoms with Gasteiger partial charge in [0.1, 0.15) is 16.1 Å². The van der Waals surface area contributed by atoms with Gasteiger partial charge in [-0.2, -0.15) is 5.26 Å². The van der Waals surface area contributed by atoms with Crippen molar-refractivity contribution in [3.8, 4) is 6.07 Å². The second-order valence-corrected chi connectivity index (χ2v) is 8.47. The molecule has 0 spiro atoms. The van der Waals surface area contributed by atoms with Crippen molar-refractivity contribution in [3.63, 3.8) is 0 Å². The molecule has 0 unspecified atom stereocenters. The number of pyridine rings is 1. The predicted octanol–water partition coefficient (Wildman–Crippen LogP) is 4.12. The summed E-state index contributed by atoms with van der Waals surface area (Å²) in [6, 6.07) is 15.9. The van der Waals surface area contributed by atoms with Gasteiger partial charge in [-0.25, -0.2) is 13.4 Å². The van der Waals surface area contributed by atoms with Crippen LogP contribution in [0.1, 0.15) is 17.4 Å². The molecule has 0 bridgehead atoms. The fourth-order valence-electron chi connectivity index (χ4n) is 2.25. The fourth-order valence-corrected chi connectivity index (χ4v) is 4.59. The normalized spacial score (nSPS) is 10.9. The van der Waals surface area contributed by atoms with Crippen LogP contribution in [-0.4, -0.2) is 13.4 Å². The first-order chi connectivity index (χ1) is 12.5. The molecule has 2 aromatic heterocycles. The maximum atomic E-state index is 12.4. The number of nitriles is 1. The van der Waals surface area contributed by atoms with Crippen molar-refractivity contribution in [2.45, 2.75) is 17.6 Å². The lowest BCUT2D eigenvalue weighted by Gasteiger charge is -2.09. The van der Waals surface area contributed by atoms with E-state index in [1.807, 2.05) is 19.1 Å². The van der Waals surface area contributed by atoms with E-state index in [-0.39, 0.29) is 4.21 Å². The van der Waals surface area contributed by atoms with Crippen molar-refractivity contribution < 1.29 is 8.42 Å². The summed E-state index contributed by atoms with van der Waals surface area (Å²) in [7, 11) is -3.62. The average molecular weight is 384 g/mol. The van der Waals surface area contributed by atoms with Gasteiger partial charge in [0.2, 0.25) is 0 Å². The molecule has 2 heterocycles. The number of sulfonamides is 1. The third kappa shape index (κ3) is 4.02. The molecule has 0 fully saturated rings. The lowest BCUT2D eigenvalue weighted by molar-refractivity contribution is 0.603. The minimum absolute atomic E-state index is 0.277. The van der Waals surface area contributed by atoms with E-state index < -0.39 is 10.0 Å². The molecule has 0 saturated carbocycles. The van der Waals surface area contributed by atoms with Gasteiger partial charge >= 0.3 is 0 Å². The molecule has 0 atom stereocenters. The molecule has 0 aliphatic heterocycles. The van der Waals surface area contributed by atoms with Crippen molar-refractivity contribution >= 4 is 38.6 Å². The lowest BCUT2D eigenvalue weighted by atomic mass is 10.2. The number of aryl methyl sites for hydroxylation is 1. The Balaban J connectivity index is 1.74. The molecule has 0 radical (unpaired) electrons.